The van der Waals surface area contributed by atoms with Crippen molar-refractivity contribution < 1.29 is 4.39 Å². The lowest BCUT2D eigenvalue weighted by atomic mass is 10.1. The van der Waals surface area contributed by atoms with Gasteiger partial charge in [0.1, 0.15) is 6.67 Å². The van der Waals surface area contributed by atoms with E-state index in [2.05, 4.69) is 21.2 Å². The van der Waals surface area contributed by atoms with E-state index in [0.717, 1.165) is 4.47 Å². The summed E-state index contributed by atoms with van der Waals surface area (Å²) in [6.45, 7) is 2.12. The lowest BCUT2D eigenvalue weighted by Crippen LogP contribution is -2.20. The van der Waals surface area contributed by atoms with E-state index in [1.165, 1.54) is 5.56 Å². The molecule has 1 aromatic rings. The molecule has 0 unspecified atom stereocenters. The van der Waals surface area contributed by atoms with Crippen molar-refractivity contribution >= 4 is 15.9 Å². The quantitative estimate of drug-likeness (QED) is 0.860. The predicted octanol–water partition coefficient (Wildman–Crippen LogP) is 3.07. The van der Waals surface area contributed by atoms with E-state index in [9.17, 15) is 4.39 Å². The molecule has 0 aliphatic rings. The number of hydrogen-bond acceptors (Lipinski definition) is 1. The first-order valence-electron chi connectivity index (χ1n) is 4.29. The van der Waals surface area contributed by atoms with Crippen LogP contribution in [0, 0.1) is 0 Å². The summed E-state index contributed by atoms with van der Waals surface area (Å²) >= 11 is 3.37. The van der Waals surface area contributed by atoms with Crippen LogP contribution in [0.2, 0.25) is 0 Å². The zero-order chi connectivity index (χ0) is 9.68. The van der Waals surface area contributed by atoms with Gasteiger partial charge in [-0.05, 0) is 24.6 Å². The minimum atomic E-state index is -0.319. The van der Waals surface area contributed by atoms with Crippen molar-refractivity contribution in [1.29, 1.82) is 0 Å². The smallest absolute Gasteiger partial charge is 0.102 e. The molecule has 1 aromatic carbocycles. The van der Waals surface area contributed by atoms with E-state index in [4.69, 9.17) is 0 Å². The molecule has 0 aromatic heterocycles. The fourth-order valence-electron chi connectivity index (χ4n) is 1.14. The van der Waals surface area contributed by atoms with Crippen molar-refractivity contribution in [3.8, 4) is 0 Å². The topological polar surface area (TPSA) is 12.0 Å². The van der Waals surface area contributed by atoms with Crippen molar-refractivity contribution in [1.82, 2.24) is 5.32 Å². The monoisotopic (exact) mass is 245 g/mol. The lowest BCUT2D eigenvalue weighted by Gasteiger charge is -2.12. The average Bonchev–Trinajstić information content (AvgIpc) is 2.15. The number of rotatable bonds is 4. The number of nitrogens with one attached hydrogen (secondary N) is 1. The molecule has 1 rings (SSSR count). The molecule has 0 bridgehead atoms. The minimum absolute atomic E-state index is 0.212. The van der Waals surface area contributed by atoms with Crippen LogP contribution in [0.5, 0.6) is 0 Å². The Morgan fingerprint density at radius 1 is 1.38 bits per heavy atom. The molecule has 13 heavy (non-hydrogen) atoms. The van der Waals surface area contributed by atoms with Crippen LogP contribution in [-0.2, 0) is 0 Å². The van der Waals surface area contributed by atoms with Gasteiger partial charge in [0.15, 0.2) is 0 Å². The van der Waals surface area contributed by atoms with Crippen molar-refractivity contribution in [2.45, 2.75) is 13.0 Å². The van der Waals surface area contributed by atoms with Gasteiger partial charge in [0.2, 0.25) is 0 Å². The van der Waals surface area contributed by atoms with Crippen molar-refractivity contribution in [2.24, 2.45) is 0 Å². The molecular formula is C10H13BrFN. The van der Waals surface area contributed by atoms with Gasteiger partial charge in [0, 0.05) is 17.1 Å². The fraction of sp³-hybridized carbons (Fsp3) is 0.400. The van der Waals surface area contributed by atoms with E-state index < -0.39 is 0 Å². The molecule has 0 radical (unpaired) electrons. The van der Waals surface area contributed by atoms with Gasteiger partial charge in [-0.2, -0.15) is 0 Å². The third kappa shape index (κ3) is 3.44. The number of alkyl halides is 1. The summed E-state index contributed by atoms with van der Waals surface area (Å²) in [5, 5.41) is 3.08. The van der Waals surface area contributed by atoms with Crippen molar-refractivity contribution in [3.05, 3.63) is 34.3 Å². The van der Waals surface area contributed by atoms with Crippen molar-refractivity contribution in [3.63, 3.8) is 0 Å². The largest absolute Gasteiger partial charge is 0.308 e. The maximum Gasteiger partial charge on any atom is 0.102 e. The zero-order valence-corrected chi connectivity index (χ0v) is 9.14. The molecule has 0 saturated heterocycles. The van der Waals surface area contributed by atoms with Gasteiger partial charge in [-0.15, -0.1) is 0 Å². The van der Waals surface area contributed by atoms with Crippen molar-refractivity contribution in [2.75, 3.05) is 13.2 Å². The molecule has 1 nitrogen and oxygen atoms in total. The predicted molar refractivity (Wildman–Crippen MR) is 56.5 cm³/mol. The normalized spacial score (nSPS) is 12.8. The Labute approximate surface area is 86.5 Å². The summed E-state index contributed by atoms with van der Waals surface area (Å²) in [6.07, 6.45) is 0. The molecule has 1 N–H and O–H groups in total. The van der Waals surface area contributed by atoms with Crippen LogP contribution in [0.1, 0.15) is 18.5 Å². The Hall–Kier alpha value is -0.410. The second-order valence-electron chi connectivity index (χ2n) is 2.92. The third-order valence-corrected chi connectivity index (χ3v) is 2.44. The number of halogens is 2. The molecule has 72 valence electrons. The Morgan fingerprint density at radius 2 is 2.00 bits per heavy atom. The fourth-order valence-corrected chi connectivity index (χ4v) is 1.40. The number of hydrogen-bond donors (Lipinski definition) is 1. The van der Waals surface area contributed by atoms with Crippen LogP contribution in [-0.4, -0.2) is 13.2 Å². The molecule has 0 fully saturated rings. The van der Waals surface area contributed by atoms with Crippen LogP contribution < -0.4 is 5.32 Å². The Bertz CT molecular complexity index is 248. The molecule has 0 heterocycles. The zero-order valence-electron chi connectivity index (χ0n) is 7.56. The van der Waals surface area contributed by atoms with Gasteiger partial charge < -0.3 is 5.32 Å². The molecule has 0 spiro atoms. The SMILES string of the molecule is C[C@H](NCCF)c1ccc(Br)cc1. The first-order chi connectivity index (χ1) is 6.24. The summed E-state index contributed by atoms with van der Waals surface area (Å²) in [4.78, 5) is 0. The van der Waals surface area contributed by atoms with Crippen LogP contribution in [0.3, 0.4) is 0 Å². The van der Waals surface area contributed by atoms with E-state index in [1.807, 2.05) is 31.2 Å². The second kappa shape index (κ2) is 5.35. The summed E-state index contributed by atoms with van der Waals surface area (Å²) < 4.78 is 12.9. The third-order valence-electron chi connectivity index (χ3n) is 1.92. The molecule has 0 aliphatic heterocycles. The Balaban J connectivity index is 2.55. The minimum Gasteiger partial charge on any atom is -0.308 e. The summed E-state index contributed by atoms with van der Waals surface area (Å²) in [5.74, 6) is 0. The Morgan fingerprint density at radius 3 is 2.54 bits per heavy atom. The van der Waals surface area contributed by atoms with Gasteiger partial charge in [-0.3, -0.25) is 0 Å². The first-order valence-corrected chi connectivity index (χ1v) is 5.08. The molecular weight excluding hydrogens is 233 g/mol. The molecule has 3 heteroatoms. The highest BCUT2D eigenvalue weighted by Crippen LogP contribution is 2.15. The number of benzene rings is 1. The summed E-state index contributed by atoms with van der Waals surface area (Å²) in [6, 6.07) is 8.25. The van der Waals surface area contributed by atoms with Gasteiger partial charge >= 0.3 is 0 Å². The summed E-state index contributed by atoms with van der Waals surface area (Å²) in [5.41, 5.74) is 1.18. The van der Waals surface area contributed by atoms with Gasteiger partial charge in [0.05, 0.1) is 0 Å². The maximum absolute atomic E-state index is 11.9. The lowest BCUT2D eigenvalue weighted by molar-refractivity contribution is 0.444. The van der Waals surface area contributed by atoms with E-state index >= 15 is 0 Å². The van der Waals surface area contributed by atoms with Crippen LogP contribution in [0.25, 0.3) is 0 Å². The van der Waals surface area contributed by atoms with Crippen LogP contribution in [0.15, 0.2) is 28.7 Å². The molecule has 0 saturated carbocycles. The van der Waals surface area contributed by atoms with Crippen LogP contribution in [0.4, 0.5) is 4.39 Å². The standard InChI is InChI=1S/C10H13BrFN/c1-8(13-7-6-12)9-2-4-10(11)5-3-9/h2-5,8,13H,6-7H2,1H3/t8-/m0/s1. The highest BCUT2D eigenvalue weighted by molar-refractivity contribution is 9.10. The van der Waals surface area contributed by atoms with Crippen LogP contribution >= 0.6 is 15.9 Å². The highest BCUT2D eigenvalue weighted by atomic mass is 79.9. The second-order valence-corrected chi connectivity index (χ2v) is 3.83. The molecule has 0 amide bonds. The summed E-state index contributed by atoms with van der Waals surface area (Å²) in [7, 11) is 0. The van der Waals surface area contributed by atoms with E-state index in [0.29, 0.717) is 6.54 Å². The van der Waals surface area contributed by atoms with E-state index in [-0.39, 0.29) is 12.7 Å². The first kappa shape index (κ1) is 10.7. The van der Waals surface area contributed by atoms with Gasteiger partial charge in [0.25, 0.3) is 0 Å². The van der Waals surface area contributed by atoms with Gasteiger partial charge in [-0.25, -0.2) is 4.39 Å². The maximum atomic E-state index is 11.9. The molecule has 0 aliphatic carbocycles. The van der Waals surface area contributed by atoms with E-state index in [1.54, 1.807) is 0 Å². The van der Waals surface area contributed by atoms with Gasteiger partial charge in [-0.1, -0.05) is 28.1 Å². The Kier molecular flexibility index (Phi) is 4.39. The highest BCUT2D eigenvalue weighted by Gasteiger charge is 2.02. The average molecular weight is 246 g/mol. The molecule has 1 atom stereocenters.